The van der Waals surface area contributed by atoms with E-state index in [2.05, 4.69) is 10.00 Å². The fraction of sp³-hybridized carbons (Fsp3) is 0.700. The molecule has 0 aliphatic carbocycles. The lowest BCUT2D eigenvalue weighted by molar-refractivity contribution is 0.0357. The Bertz CT molecular complexity index is 334. The summed E-state index contributed by atoms with van der Waals surface area (Å²) in [6.45, 7) is 5.34. The van der Waals surface area contributed by atoms with E-state index in [4.69, 9.17) is 15.2 Å². The molecule has 0 radical (unpaired) electrons. The van der Waals surface area contributed by atoms with Gasteiger partial charge in [-0.25, -0.2) is 4.68 Å². The number of morpholine rings is 1. The minimum atomic E-state index is 0.587. The lowest BCUT2D eigenvalue weighted by atomic mass is 10.4. The first-order valence-corrected chi connectivity index (χ1v) is 5.46. The first-order chi connectivity index (χ1) is 7.81. The molecule has 90 valence electrons. The minimum absolute atomic E-state index is 0.587. The number of rotatable bonds is 4. The molecular weight excluding hydrogens is 208 g/mol. The molecule has 6 nitrogen and oxygen atoms in total. The van der Waals surface area contributed by atoms with Gasteiger partial charge >= 0.3 is 0 Å². The van der Waals surface area contributed by atoms with Gasteiger partial charge in [0.1, 0.15) is 5.69 Å². The summed E-state index contributed by atoms with van der Waals surface area (Å²) in [5.74, 6) is 0.647. The minimum Gasteiger partial charge on any atom is -0.480 e. The zero-order valence-corrected chi connectivity index (χ0v) is 9.56. The number of nitrogens with two attached hydrogens (primary N) is 1. The van der Waals surface area contributed by atoms with Gasteiger partial charge in [-0.2, -0.15) is 5.10 Å². The van der Waals surface area contributed by atoms with Crippen molar-refractivity contribution < 1.29 is 9.47 Å². The van der Waals surface area contributed by atoms with Crippen LogP contribution in [0.4, 0.5) is 5.69 Å². The van der Waals surface area contributed by atoms with E-state index in [1.54, 1.807) is 18.0 Å². The predicted molar refractivity (Wildman–Crippen MR) is 60.5 cm³/mol. The third-order valence-corrected chi connectivity index (χ3v) is 2.74. The van der Waals surface area contributed by atoms with Crippen LogP contribution in [0.5, 0.6) is 5.88 Å². The van der Waals surface area contributed by atoms with Crippen molar-refractivity contribution in [3.63, 3.8) is 0 Å². The van der Waals surface area contributed by atoms with Gasteiger partial charge in [0, 0.05) is 19.6 Å². The van der Waals surface area contributed by atoms with Crippen LogP contribution in [0.15, 0.2) is 6.20 Å². The highest BCUT2D eigenvalue weighted by Gasteiger charge is 2.12. The van der Waals surface area contributed by atoms with Crippen molar-refractivity contribution >= 4 is 5.69 Å². The SMILES string of the molecule is COc1c(N)cnn1CCN1CCOCC1. The van der Waals surface area contributed by atoms with E-state index >= 15 is 0 Å². The van der Waals surface area contributed by atoms with E-state index in [1.807, 2.05) is 0 Å². The zero-order chi connectivity index (χ0) is 11.4. The number of aromatic nitrogens is 2. The Morgan fingerprint density at radius 2 is 2.19 bits per heavy atom. The lowest BCUT2D eigenvalue weighted by Crippen LogP contribution is -2.38. The summed E-state index contributed by atoms with van der Waals surface area (Å²) in [6, 6.07) is 0. The van der Waals surface area contributed by atoms with Crippen LogP contribution in [-0.2, 0) is 11.3 Å². The fourth-order valence-corrected chi connectivity index (χ4v) is 1.83. The van der Waals surface area contributed by atoms with Crippen molar-refractivity contribution in [2.24, 2.45) is 0 Å². The molecule has 1 aliphatic heterocycles. The molecule has 2 N–H and O–H groups in total. The van der Waals surface area contributed by atoms with Crippen LogP contribution >= 0.6 is 0 Å². The van der Waals surface area contributed by atoms with Gasteiger partial charge in [-0.15, -0.1) is 0 Å². The Hall–Kier alpha value is -1.27. The van der Waals surface area contributed by atoms with Crippen molar-refractivity contribution in [2.75, 3.05) is 45.7 Å². The Kier molecular flexibility index (Phi) is 3.63. The molecule has 0 atom stereocenters. The van der Waals surface area contributed by atoms with Crippen molar-refractivity contribution in [3.8, 4) is 5.88 Å². The molecule has 0 bridgehead atoms. The van der Waals surface area contributed by atoms with E-state index in [1.165, 1.54) is 0 Å². The predicted octanol–water partition coefficient (Wildman–Crippen LogP) is -0.194. The average molecular weight is 226 g/mol. The maximum Gasteiger partial charge on any atom is 0.235 e. The number of methoxy groups -OCH3 is 1. The zero-order valence-electron chi connectivity index (χ0n) is 9.56. The molecular formula is C10H18N4O2. The maximum absolute atomic E-state index is 5.72. The molecule has 2 heterocycles. The van der Waals surface area contributed by atoms with E-state index < -0.39 is 0 Å². The quantitative estimate of drug-likeness (QED) is 0.770. The smallest absolute Gasteiger partial charge is 0.235 e. The highest BCUT2D eigenvalue weighted by molar-refractivity contribution is 5.46. The first-order valence-electron chi connectivity index (χ1n) is 5.46. The monoisotopic (exact) mass is 226 g/mol. The van der Waals surface area contributed by atoms with E-state index in [0.717, 1.165) is 39.4 Å². The number of hydrogen-bond acceptors (Lipinski definition) is 5. The maximum atomic E-state index is 5.72. The van der Waals surface area contributed by atoms with Crippen LogP contribution in [0, 0.1) is 0 Å². The molecule has 0 spiro atoms. The van der Waals surface area contributed by atoms with Crippen LogP contribution in [0.1, 0.15) is 0 Å². The molecule has 0 amide bonds. The summed E-state index contributed by atoms with van der Waals surface area (Å²) in [5, 5.41) is 4.18. The van der Waals surface area contributed by atoms with Gasteiger partial charge in [-0.05, 0) is 0 Å². The molecule has 6 heteroatoms. The second-order valence-corrected chi connectivity index (χ2v) is 3.79. The number of nitrogen functional groups attached to an aromatic ring is 1. The van der Waals surface area contributed by atoms with Gasteiger partial charge in [0.15, 0.2) is 0 Å². The number of ether oxygens (including phenoxy) is 2. The number of hydrogen-bond donors (Lipinski definition) is 1. The van der Waals surface area contributed by atoms with E-state index in [9.17, 15) is 0 Å². The van der Waals surface area contributed by atoms with Gasteiger partial charge in [0.2, 0.25) is 5.88 Å². The molecule has 0 saturated carbocycles. The fourth-order valence-electron chi connectivity index (χ4n) is 1.83. The van der Waals surface area contributed by atoms with E-state index in [-0.39, 0.29) is 0 Å². The summed E-state index contributed by atoms with van der Waals surface area (Å²) in [4.78, 5) is 2.35. The standard InChI is InChI=1S/C10H18N4O2/c1-15-10-9(11)8-12-14(10)3-2-13-4-6-16-7-5-13/h8H,2-7,11H2,1H3. The van der Waals surface area contributed by atoms with Crippen molar-refractivity contribution in [3.05, 3.63) is 6.20 Å². The molecule has 1 aromatic heterocycles. The van der Waals surface area contributed by atoms with Crippen molar-refractivity contribution in [1.82, 2.24) is 14.7 Å². The summed E-state index contributed by atoms with van der Waals surface area (Å²) in [7, 11) is 1.61. The van der Waals surface area contributed by atoms with E-state index in [0.29, 0.717) is 11.6 Å². The van der Waals surface area contributed by atoms with Crippen LogP contribution in [0.25, 0.3) is 0 Å². The highest BCUT2D eigenvalue weighted by atomic mass is 16.5. The largest absolute Gasteiger partial charge is 0.480 e. The Balaban J connectivity index is 1.88. The van der Waals surface area contributed by atoms with Gasteiger partial charge in [-0.1, -0.05) is 0 Å². The first kappa shape index (κ1) is 11.2. The van der Waals surface area contributed by atoms with Gasteiger partial charge in [0.05, 0.1) is 33.1 Å². The molecule has 1 aromatic rings. The molecule has 2 rings (SSSR count). The second-order valence-electron chi connectivity index (χ2n) is 3.79. The molecule has 0 aromatic carbocycles. The highest BCUT2D eigenvalue weighted by Crippen LogP contribution is 2.19. The Morgan fingerprint density at radius 3 is 2.88 bits per heavy atom. The van der Waals surface area contributed by atoms with Crippen LogP contribution in [-0.4, -0.2) is 54.6 Å². The molecule has 16 heavy (non-hydrogen) atoms. The summed E-state index contributed by atoms with van der Waals surface area (Å²) >= 11 is 0. The van der Waals surface area contributed by atoms with Crippen LogP contribution < -0.4 is 10.5 Å². The van der Waals surface area contributed by atoms with Crippen molar-refractivity contribution in [1.29, 1.82) is 0 Å². The molecule has 0 unspecified atom stereocenters. The second kappa shape index (κ2) is 5.18. The van der Waals surface area contributed by atoms with Gasteiger partial charge in [0.25, 0.3) is 0 Å². The van der Waals surface area contributed by atoms with Crippen molar-refractivity contribution in [2.45, 2.75) is 6.54 Å². The summed E-state index contributed by atoms with van der Waals surface area (Å²) < 4.78 is 12.3. The summed E-state index contributed by atoms with van der Waals surface area (Å²) in [5.41, 5.74) is 6.31. The summed E-state index contributed by atoms with van der Waals surface area (Å²) in [6.07, 6.45) is 1.62. The number of anilines is 1. The topological polar surface area (TPSA) is 65.5 Å². The Morgan fingerprint density at radius 1 is 1.44 bits per heavy atom. The molecule has 1 fully saturated rings. The molecule has 1 saturated heterocycles. The molecule has 1 aliphatic rings. The third kappa shape index (κ3) is 2.45. The van der Waals surface area contributed by atoms with Crippen LogP contribution in [0.2, 0.25) is 0 Å². The third-order valence-electron chi connectivity index (χ3n) is 2.74. The van der Waals surface area contributed by atoms with Crippen LogP contribution in [0.3, 0.4) is 0 Å². The number of nitrogens with zero attached hydrogens (tertiary/aromatic N) is 3. The normalized spacial score (nSPS) is 17.6. The lowest BCUT2D eigenvalue weighted by Gasteiger charge is -2.26. The van der Waals surface area contributed by atoms with Gasteiger partial charge in [-0.3, -0.25) is 4.90 Å². The average Bonchev–Trinajstić information content (AvgIpc) is 2.68. The van der Waals surface area contributed by atoms with Gasteiger partial charge < -0.3 is 15.2 Å². The Labute approximate surface area is 94.9 Å².